The number of carbonyl (C=O) groups excluding carboxylic acids is 1. The molecule has 6 heteroatoms. The topological polar surface area (TPSA) is 56.8 Å². The van der Waals surface area contributed by atoms with Crippen LogP contribution in [0.15, 0.2) is 30.3 Å². The highest BCUT2D eigenvalue weighted by atomic mass is 16.7. The van der Waals surface area contributed by atoms with Gasteiger partial charge in [0, 0.05) is 0 Å². The quantitative estimate of drug-likeness (QED) is 0.866. The molecule has 0 radical (unpaired) electrons. The number of benzene rings is 1. The summed E-state index contributed by atoms with van der Waals surface area (Å²) in [6, 6.07) is 9.53. The van der Waals surface area contributed by atoms with E-state index in [1.807, 2.05) is 58.0 Å². The second kappa shape index (κ2) is 6.07. The minimum absolute atomic E-state index is 0.246. The Bertz CT molecular complexity index is 474. The monoisotopic (exact) mass is 291 g/mol. The van der Waals surface area contributed by atoms with Gasteiger partial charge in [0.05, 0.1) is 17.6 Å². The van der Waals surface area contributed by atoms with Crippen LogP contribution in [0.5, 0.6) is 0 Å². The first kappa shape index (κ1) is 15.9. The van der Waals surface area contributed by atoms with Gasteiger partial charge in [0.2, 0.25) is 0 Å². The lowest BCUT2D eigenvalue weighted by molar-refractivity contribution is 0.00578. The Kier molecular flexibility index (Phi) is 4.59. The Balaban J connectivity index is 1.73. The fourth-order valence-electron chi connectivity index (χ4n) is 1.99. The summed E-state index contributed by atoms with van der Waals surface area (Å²) in [5, 5.41) is 2.66. The van der Waals surface area contributed by atoms with Crippen LogP contribution in [0.2, 0.25) is 0 Å². The van der Waals surface area contributed by atoms with Crippen LogP contribution < -0.4 is 5.32 Å². The third kappa shape index (κ3) is 3.98. The smallest absolute Gasteiger partial charge is 0.445 e. The molecule has 0 bridgehead atoms. The van der Waals surface area contributed by atoms with Crippen LogP contribution >= 0.6 is 0 Å². The van der Waals surface area contributed by atoms with Crippen LogP contribution in [0.3, 0.4) is 0 Å². The average Bonchev–Trinajstić information content (AvgIpc) is 2.63. The van der Waals surface area contributed by atoms with E-state index < -0.39 is 24.4 Å². The first-order valence-corrected chi connectivity index (χ1v) is 7.10. The minimum atomic E-state index is -0.478. The summed E-state index contributed by atoms with van der Waals surface area (Å²) in [4.78, 5) is 11.7. The number of ether oxygens (including phenoxy) is 1. The first-order chi connectivity index (χ1) is 9.80. The highest BCUT2D eigenvalue weighted by molar-refractivity contribution is 6.46. The van der Waals surface area contributed by atoms with Gasteiger partial charge in [-0.1, -0.05) is 30.3 Å². The molecule has 1 amide bonds. The summed E-state index contributed by atoms with van der Waals surface area (Å²) >= 11 is 0. The van der Waals surface area contributed by atoms with Gasteiger partial charge in [0.1, 0.15) is 6.61 Å². The molecule has 1 aliphatic heterocycles. The molecule has 5 nitrogen and oxygen atoms in total. The molecule has 1 fully saturated rings. The number of amides is 1. The van der Waals surface area contributed by atoms with Gasteiger partial charge in [-0.15, -0.1) is 0 Å². The molecule has 1 aliphatic rings. The molecule has 21 heavy (non-hydrogen) atoms. The van der Waals surface area contributed by atoms with E-state index in [1.54, 1.807) is 0 Å². The average molecular weight is 291 g/mol. The lowest BCUT2D eigenvalue weighted by Crippen LogP contribution is -2.41. The van der Waals surface area contributed by atoms with Crippen LogP contribution in [0, 0.1) is 0 Å². The summed E-state index contributed by atoms with van der Waals surface area (Å²) in [5.74, 6) is 0. The van der Waals surface area contributed by atoms with Crippen molar-refractivity contribution in [1.29, 1.82) is 0 Å². The molecular formula is C15H22BNO4. The van der Waals surface area contributed by atoms with Crippen molar-refractivity contribution >= 4 is 13.2 Å². The molecule has 0 aliphatic carbocycles. The highest BCUT2D eigenvalue weighted by Crippen LogP contribution is 2.36. The Hall–Kier alpha value is -1.53. The number of hydrogen-bond acceptors (Lipinski definition) is 4. The van der Waals surface area contributed by atoms with Crippen LogP contribution in [0.25, 0.3) is 0 Å². The molecule has 2 rings (SSSR count). The van der Waals surface area contributed by atoms with Crippen molar-refractivity contribution in [1.82, 2.24) is 5.32 Å². The first-order valence-electron chi connectivity index (χ1n) is 7.10. The minimum Gasteiger partial charge on any atom is -0.445 e. The molecule has 0 aromatic heterocycles. The van der Waals surface area contributed by atoms with Crippen molar-refractivity contribution in [3.8, 4) is 0 Å². The SMILES string of the molecule is CC1(C)OB(CNC(=O)OCc2ccccc2)OC1(C)C. The summed E-state index contributed by atoms with van der Waals surface area (Å²) < 4.78 is 16.7. The maximum Gasteiger partial charge on any atom is 0.478 e. The third-order valence-electron chi connectivity index (χ3n) is 3.93. The normalized spacial score (nSPS) is 19.3. The second-order valence-electron chi connectivity index (χ2n) is 6.13. The molecule has 0 spiro atoms. The van der Waals surface area contributed by atoms with E-state index in [-0.39, 0.29) is 13.1 Å². The maximum absolute atomic E-state index is 11.7. The summed E-state index contributed by atoms with van der Waals surface area (Å²) in [5.41, 5.74) is 0.156. The Morgan fingerprint density at radius 2 is 1.71 bits per heavy atom. The van der Waals surface area contributed by atoms with Gasteiger partial charge in [-0.2, -0.15) is 0 Å². The zero-order chi connectivity index (χ0) is 15.5. The van der Waals surface area contributed by atoms with E-state index in [4.69, 9.17) is 14.0 Å². The van der Waals surface area contributed by atoms with Crippen molar-refractivity contribution in [3.05, 3.63) is 35.9 Å². The van der Waals surface area contributed by atoms with E-state index in [2.05, 4.69) is 5.32 Å². The van der Waals surface area contributed by atoms with Crippen molar-refractivity contribution in [2.45, 2.75) is 45.5 Å². The number of hydrogen-bond donors (Lipinski definition) is 1. The summed E-state index contributed by atoms with van der Waals surface area (Å²) in [6.07, 6.45) is -0.214. The Labute approximate surface area is 126 Å². The lowest BCUT2D eigenvalue weighted by Gasteiger charge is -2.32. The van der Waals surface area contributed by atoms with Crippen LogP contribution in [0.4, 0.5) is 4.79 Å². The van der Waals surface area contributed by atoms with Crippen LogP contribution in [-0.4, -0.2) is 30.9 Å². The second-order valence-corrected chi connectivity index (χ2v) is 6.13. The number of nitrogens with one attached hydrogen (secondary N) is 1. The Morgan fingerprint density at radius 3 is 2.29 bits per heavy atom. The van der Waals surface area contributed by atoms with Crippen molar-refractivity contribution in [2.75, 3.05) is 6.44 Å². The van der Waals surface area contributed by atoms with Crippen molar-refractivity contribution < 1.29 is 18.8 Å². The molecule has 1 heterocycles. The van der Waals surface area contributed by atoms with E-state index in [9.17, 15) is 4.79 Å². The molecule has 0 unspecified atom stereocenters. The number of carbonyl (C=O) groups is 1. The van der Waals surface area contributed by atoms with Crippen LogP contribution in [0.1, 0.15) is 33.3 Å². The predicted octanol–water partition coefficient (Wildman–Crippen LogP) is 2.54. The van der Waals surface area contributed by atoms with E-state index >= 15 is 0 Å². The Morgan fingerprint density at radius 1 is 1.14 bits per heavy atom. The maximum atomic E-state index is 11.7. The van der Waals surface area contributed by atoms with Gasteiger partial charge in [-0.25, -0.2) is 4.79 Å². The fourth-order valence-corrected chi connectivity index (χ4v) is 1.99. The van der Waals surface area contributed by atoms with E-state index in [0.29, 0.717) is 0 Å². The highest BCUT2D eigenvalue weighted by Gasteiger charge is 2.50. The van der Waals surface area contributed by atoms with Crippen LogP contribution in [-0.2, 0) is 20.7 Å². The van der Waals surface area contributed by atoms with Crippen molar-refractivity contribution in [2.24, 2.45) is 0 Å². The molecule has 0 saturated carbocycles. The zero-order valence-corrected chi connectivity index (χ0v) is 13.0. The lowest BCUT2D eigenvalue weighted by atomic mass is 9.90. The van der Waals surface area contributed by atoms with E-state index in [0.717, 1.165) is 5.56 Å². The number of alkyl carbamates (subject to hydrolysis) is 1. The molecule has 1 saturated heterocycles. The molecule has 1 aromatic rings. The number of rotatable bonds is 4. The molecule has 114 valence electrons. The summed E-state index contributed by atoms with van der Waals surface area (Å²) in [7, 11) is -0.459. The van der Waals surface area contributed by atoms with Gasteiger partial charge < -0.3 is 19.4 Å². The standard InChI is InChI=1S/C15H22BNO4/c1-14(2)15(3,4)21-16(20-14)11-17-13(18)19-10-12-8-6-5-7-9-12/h5-9H,10-11H2,1-4H3,(H,17,18). The largest absolute Gasteiger partial charge is 0.478 e. The van der Waals surface area contributed by atoms with E-state index in [1.165, 1.54) is 0 Å². The zero-order valence-electron chi connectivity index (χ0n) is 13.0. The van der Waals surface area contributed by atoms with Gasteiger partial charge in [-0.05, 0) is 33.3 Å². The molecular weight excluding hydrogens is 269 g/mol. The van der Waals surface area contributed by atoms with Gasteiger partial charge in [-0.3, -0.25) is 0 Å². The van der Waals surface area contributed by atoms with Crippen molar-refractivity contribution in [3.63, 3.8) is 0 Å². The van der Waals surface area contributed by atoms with Gasteiger partial charge >= 0.3 is 13.2 Å². The third-order valence-corrected chi connectivity index (χ3v) is 3.93. The summed E-state index contributed by atoms with van der Waals surface area (Å²) in [6.45, 7) is 8.14. The molecule has 0 atom stereocenters. The molecule has 1 aromatic carbocycles. The molecule has 1 N–H and O–H groups in total. The van der Waals surface area contributed by atoms with Gasteiger partial charge in [0.15, 0.2) is 0 Å². The fraction of sp³-hybridized carbons (Fsp3) is 0.533. The van der Waals surface area contributed by atoms with Gasteiger partial charge in [0.25, 0.3) is 0 Å². The predicted molar refractivity (Wildman–Crippen MR) is 80.7 cm³/mol.